The van der Waals surface area contributed by atoms with Gasteiger partial charge in [-0.3, -0.25) is 0 Å². The maximum absolute atomic E-state index is 14.1. The number of alkyl halides is 15. The van der Waals surface area contributed by atoms with Gasteiger partial charge >= 0.3 is 53.7 Å². The first-order valence-electron chi connectivity index (χ1n) is 16.3. The molecule has 0 spiro atoms. The molecule has 0 fully saturated rings. The van der Waals surface area contributed by atoms with Crippen molar-refractivity contribution in [2.45, 2.75) is 93.8 Å². The van der Waals surface area contributed by atoms with Gasteiger partial charge in [-0.2, -0.15) is 65.9 Å². The van der Waals surface area contributed by atoms with Crippen LogP contribution in [0.3, 0.4) is 0 Å². The molecule has 56 heavy (non-hydrogen) atoms. The van der Waals surface area contributed by atoms with Gasteiger partial charge in [0.25, 0.3) is 0 Å². The predicted octanol–water partition coefficient (Wildman–Crippen LogP) is 11.8. The molecule has 5 nitrogen and oxygen atoms in total. The topological polar surface area (TPSA) is 61.8 Å². The van der Waals surface area contributed by atoms with E-state index in [1.54, 1.807) is 36.4 Å². The number of ether oxygens (including phenoxy) is 3. The lowest BCUT2D eigenvalue weighted by Crippen LogP contribution is -2.73. The van der Waals surface area contributed by atoms with E-state index in [9.17, 15) is 75.4 Å². The summed E-state index contributed by atoms with van der Waals surface area (Å²) < 4.78 is 216. The predicted molar refractivity (Wildman–Crippen MR) is 168 cm³/mol. The number of hydrogen-bond acceptors (Lipinski definition) is 5. The van der Waals surface area contributed by atoms with Gasteiger partial charge in [-0.25, -0.2) is 9.59 Å². The van der Waals surface area contributed by atoms with Gasteiger partial charge in [0, 0.05) is 0 Å². The summed E-state index contributed by atoms with van der Waals surface area (Å²) in [5.74, 6) is -49.9. The molecule has 3 aromatic rings. The number of unbranched alkanes of at least 4 members (excludes halogenated alkanes) is 3. The molecule has 0 aromatic heterocycles. The maximum Gasteiger partial charge on any atom is 0.460 e. The Morgan fingerprint density at radius 2 is 0.964 bits per heavy atom. The zero-order chi connectivity index (χ0) is 42.5. The summed E-state index contributed by atoms with van der Waals surface area (Å²) in [5.41, 5.74) is 1.28. The number of benzene rings is 3. The van der Waals surface area contributed by atoms with Gasteiger partial charge in [-0.15, -0.1) is 0 Å². The summed E-state index contributed by atoms with van der Waals surface area (Å²) in [6, 6.07) is 15.0. The molecule has 0 N–H and O–H groups in total. The Morgan fingerprint density at radius 1 is 0.536 bits per heavy atom. The molecule has 1 unspecified atom stereocenters. The minimum atomic E-state index is -8.40. The quantitative estimate of drug-likeness (QED) is 0.0553. The van der Waals surface area contributed by atoms with Crippen LogP contribution in [0.4, 0.5) is 65.9 Å². The van der Waals surface area contributed by atoms with Crippen molar-refractivity contribution < 1.29 is 89.7 Å². The Bertz CT molecular complexity index is 1770. The minimum absolute atomic E-state index is 0.0228. The summed E-state index contributed by atoms with van der Waals surface area (Å²) in [7, 11) is 0. The van der Waals surface area contributed by atoms with Gasteiger partial charge in [0.15, 0.2) is 6.61 Å². The van der Waals surface area contributed by atoms with Crippen molar-refractivity contribution >= 4 is 11.9 Å². The van der Waals surface area contributed by atoms with Crippen LogP contribution in [0.2, 0.25) is 0 Å². The number of halogens is 15. The van der Waals surface area contributed by atoms with Crippen LogP contribution >= 0.6 is 0 Å². The second-order valence-electron chi connectivity index (χ2n) is 12.4. The van der Waals surface area contributed by atoms with E-state index in [2.05, 4.69) is 11.7 Å². The average Bonchev–Trinajstić information content (AvgIpc) is 3.12. The van der Waals surface area contributed by atoms with Crippen LogP contribution in [0.5, 0.6) is 11.5 Å². The lowest BCUT2D eigenvalue weighted by atomic mass is 9.91. The van der Waals surface area contributed by atoms with E-state index in [1.807, 2.05) is 6.92 Å². The largest absolute Gasteiger partial charge is 0.487 e. The first-order chi connectivity index (χ1) is 25.6. The zero-order valence-corrected chi connectivity index (χ0v) is 29.0. The first kappa shape index (κ1) is 45.7. The molecule has 0 amide bonds. The fourth-order valence-corrected chi connectivity index (χ4v) is 4.80. The number of carbonyl (C=O) groups is 2. The Balaban J connectivity index is 1.62. The summed E-state index contributed by atoms with van der Waals surface area (Å²) in [5, 5.41) is 0. The molecule has 20 heteroatoms. The van der Waals surface area contributed by atoms with Gasteiger partial charge in [-0.05, 0) is 79.4 Å². The van der Waals surface area contributed by atoms with Crippen molar-refractivity contribution in [3.05, 3.63) is 83.9 Å². The van der Waals surface area contributed by atoms with E-state index in [-0.39, 0.29) is 17.4 Å². The Morgan fingerprint density at radius 3 is 1.46 bits per heavy atom. The Hall–Kier alpha value is -4.65. The molecule has 310 valence electrons. The number of esters is 2. The second-order valence-corrected chi connectivity index (χ2v) is 12.4. The van der Waals surface area contributed by atoms with Gasteiger partial charge in [-0.1, -0.05) is 50.5 Å². The smallest absolute Gasteiger partial charge is 0.460 e. The van der Waals surface area contributed by atoms with Crippen LogP contribution < -0.4 is 9.47 Å². The fourth-order valence-electron chi connectivity index (χ4n) is 4.80. The highest BCUT2D eigenvalue weighted by Crippen LogP contribution is 2.62. The average molecular weight is 829 g/mol. The molecule has 0 saturated heterocycles. The van der Waals surface area contributed by atoms with Crippen molar-refractivity contribution in [3.8, 4) is 22.6 Å². The summed E-state index contributed by atoms with van der Waals surface area (Å²) in [4.78, 5) is 25.0. The van der Waals surface area contributed by atoms with Crippen LogP contribution in [0.15, 0.2) is 72.8 Å². The molecule has 0 radical (unpaired) electrons. The van der Waals surface area contributed by atoms with Gasteiger partial charge in [0.1, 0.15) is 11.5 Å². The van der Waals surface area contributed by atoms with E-state index in [0.29, 0.717) is 28.8 Å². The molecule has 0 saturated carbocycles. The van der Waals surface area contributed by atoms with E-state index in [0.717, 1.165) is 44.2 Å². The van der Waals surface area contributed by atoms with E-state index in [4.69, 9.17) is 9.47 Å². The van der Waals surface area contributed by atoms with Crippen molar-refractivity contribution in [2.24, 2.45) is 0 Å². The Kier molecular flexibility index (Phi) is 13.7. The third-order valence-corrected chi connectivity index (χ3v) is 8.19. The van der Waals surface area contributed by atoms with Crippen LogP contribution in [0.25, 0.3) is 11.1 Å². The highest BCUT2D eigenvalue weighted by Gasteiger charge is 2.93. The first-order valence-corrected chi connectivity index (χ1v) is 16.3. The molecule has 0 aliphatic rings. The van der Waals surface area contributed by atoms with Crippen molar-refractivity contribution in [1.29, 1.82) is 0 Å². The SMILES string of the molecule is CCCCCCC(C)OC(=O)c1ccc(-c2ccc(OC(=O)c3ccc(OCC(F)(F)C(F)(F)C(F)(F)C(F)(F)C(F)(F)C(F)(F)C(F)(F)F)cc3)cc2)cc1. The lowest BCUT2D eigenvalue weighted by Gasteiger charge is -2.41. The normalized spacial score (nSPS) is 13.9. The Labute approximate surface area is 308 Å². The van der Waals surface area contributed by atoms with Gasteiger partial charge in [0.2, 0.25) is 0 Å². The van der Waals surface area contributed by atoms with Crippen LogP contribution in [-0.2, 0) is 4.74 Å². The minimum Gasteiger partial charge on any atom is -0.487 e. The number of hydrogen-bond donors (Lipinski definition) is 0. The van der Waals surface area contributed by atoms with E-state index < -0.39 is 66.0 Å². The fraction of sp³-hybridized carbons (Fsp3) is 0.444. The standard InChI is InChI=1S/C36H31F15O5/c1-3-4-5-6-7-21(2)55-28(52)24-10-8-22(9-11-24)23-12-18-27(19-13-23)56-29(53)25-14-16-26(17-15-25)54-20-30(37,38)31(39,40)32(41,42)33(43,44)34(45,46)35(47,48)36(49,50)51/h8-19,21H,3-7,20H2,1-2H3. The third kappa shape index (κ3) is 9.30. The number of rotatable bonds is 18. The molecule has 0 bridgehead atoms. The molecular formula is C36H31F15O5. The summed E-state index contributed by atoms with van der Waals surface area (Å²) in [6.07, 6.45) is -3.06. The molecule has 3 aromatic carbocycles. The maximum atomic E-state index is 14.1. The van der Waals surface area contributed by atoms with Gasteiger partial charge in [0.05, 0.1) is 17.2 Å². The molecule has 3 rings (SSSR count). The van der Waals surface area contributed by atoms with Crippen LogP contribution in [0, 0.1) is 0 Å². The van der Waals surface area contributed by atoms with E-state index >= 15 is 0 Å². The monoisotopic (exact) mass is 828 g/mol. The van der Waals surface area contributed by atoms with E-state index in [1.165, 1.54) is 12.1 Å². The lowest BCUT2D eigenvalue weighted by molar-refractivity contribution is -0.453. The third-order valence-electron chi connectivity index (χ3n) is 8.19. The van der Waals surface area contributed by atoms with Gasteiger partial charge < -0.3 is 14.2 Å². The molecule has 0 aliphatic carbocycles. The zero-order valence-electron chi connectivity index (χ0n) is 29.0. The van der Waals surface area contributed by atoms with Crippen molar-refractivity contribution in [3.63, 3.8) is 0 Å². The van der Waals surface area contributed by atoms with Crippen LogP contribution in [-0.4, -0.2) is 66.4 Å². The highest BCUT2D eigenvalue weighted by atomic mass is 19.4. The van der Waals surface area contributed by atoms with Crippen LogP contribution in [0.1, 0.15) is 66.7 Å². The molecular weight excluding hydrogens is 797 g/mol. The molecule has 0 heterocycles. The van der Waals surface area contributed by atoms with Crippen molar-refractivity contribution in [1.82, 2.24) is 0 Å². The second kappa shape index (κ2) is 16.8. The number of carbonyl (C=O) groups excluding carboxylic acids is 2. The highest BCUT2D eigenvalue weighted by molar-refractivity contribution is 5.91. The summed E-state index contributed by atoms with van der Waals surface area (Å²) in [6.45, 7) is 0.880. The molecule has 1 atom stereocenters. The van der Waals surface area contributed by atoms with Crippen molar-refractivity contribution in [2.75, 3.05) is 6.61 Å². The molecule has 0 aliphatic heterocycles. The summed E-state index contributed by atoms with van der Waals surface area (Å²) >= 11 is 0.